The number of nitrogens with zero attached hydrogens (tertiary/aromatic N) is 1. The van der Waals surface area contributed by atoms with Gasteiger partial charge < -0.3 is 14.8 Å². The van der Waals surface area contributed by atoms with Gasteiger partial charge in [0.15, 0.2) is 0 Å². The van der Waals surface area contributed by atoms with Crippen LogP contribution in [0.5, 0.6) is 0 Å². The topological polar surface area (TPSA) is 50.8 Å². The van der Waals surface area contributed by atoms with Crippen molar-refractivity contribution in [1.82, 2.24) is 10.2 Å². The average molecular weight is 300 g/mol. The Labute approximate surface area is 129 Å². The molecule has 1 N–H and O–H groups in total. The minimum Gasteiger partial charge on any atom is -0.465 e. The van der Waals surface area contributed by atoms with E-state index in [1.807, 2.05) is 20.8 Å². The van der Waals surface area contributed by atoms with Crippen molar-refractivity contribution in [1.29, 1.82) is 0 Å². The van der Waals surface area contributed by atoms with Crippen LogP contribution in [0, 0.1) is 0 Å². The molecule has 5 heteroatoms. The van der Waals surface area contributed by atoms with Gasteiger partial charge in [0, 0.05) is 18.6 Å². The third kappa shape index (κ3) is 4.94. The van der Waals surface area contributed by atoms with Crippen LogP contribution in [-0.4, -0.2) is 60.9 Å². The maximum Gasteiger partial charge on any atom is 0.326 e. The molecule has 0 bridgehead atoms. The van der Waals surface area contributed by atoms with E-state index in [4.69, 9.17) is 9.47 Å². The number of morpholine rings is 1. The molecular weight excluding hydrogens is 268 g/mol. The lowest BCUT2D eigenvalue weighted by atomic mass is 9.91. The fourth-order valence-corrected chi connectivity index (χ4v) is 3.16. The molecule has 0 aromatic heterocycles. The standard InChI is InChI=1S/C16H32N2O3/c1-7-17-16(6,15(19)20-8-2)9-12(3)18-10-14(5)21-11-13(18)4/h12-14,17H,7-11H2,1-6H3. The van der Waals surface area contributed by atoms with Gasteiger partial charge in [0.1, 0.15) is 5.54 Å². The summed E-state index contributed by atoms with van der Waals surface area (Å²) in [6.07, 6.45) is 0.980. The Morgan fingerprint density at radius 1 is 1.48 bits per heavy atom. The summed E-state index contributed by atoms with van der Waals surface area (Å²) in [7, 11) is 0. The lowest BCUT2D eigenvalue weighted by molar-refractivity contribution is -0.152. The van der Waals surface area contributed by atoms with Crippen molar-refractivity contribution in [2.24, 2.45) is 0 Å². The van der Waals surface area contributed by atoms with Gasteiger partial charge in [0.2, 0.25) is 0 Å². The first-order valence-electron chi connectivity index (χ1n) is 8.13. The molecule has 1 saturated heterocycles. The van der Waals surface area contributed by atoms with Gasteiger partial charge in [-0.05, 0) is 47.6 Å². The second-order valence-electron chi connectivity index (χ2n) is 6.33. The molecule has 1 aliphatic rings. The molecule has 0 aromatic rings. The molecule has 0 radical (unpaired) electrons. The largest absolute Gasteiger partial charge is 0.465 e. The van der Waals surface area contributed by atoms with Crippen molar-refractivity contribution in [3.63, 3.8) is 0 Å². The predicted molar refractivity (Wildman–Crippen MR) is 84.4 cm³/mol. The number of hydrogen-bond acceptors (Lipinski definition) is 5. The Morgan fingerprint density at radius 3 is 2.71 bits per heavy atom. The number of carbonyl (C=O) groups is 1. The Morgan fingerprint density at radius 2 is 2.14 bits per heavy atom. The fraction of sp³-hybridized carbons (Fsp3) is 0.938. The van der Waals surface area contributed by atoms with Crippen LogP contribution in [0.4, 0.5) is 0 Å². The molecule has 0 aromatic carbocycles. The molecule has 1 fully saturated rings. The van der Waals surface area contributed by atoms with Crippen LogP contribution in [0.15, 0.2) is 0 Å². The van der Waals surface area contributed by atoms with Crippen LogP contribution in [-0.2, 0) is 14.3 Å². The Hall–Kier alpha value is -0.650. The zero-order valence-corrected chi connectivity index (χ0v) is 14.4. The van der Waals surface area contributed by atoms with Crippen molar-refractivity contribution in [3.8, 4) is 0 Å². The normalized spacial score (nSPS) is 27.9. The van der Waals surface area contributed by atoms with Gasteiger partial charge in [-0.1, -0.05) is 6.92 Å². The summed E-state index contributed by atoms with van der Waals surface area (Å²) in [6, 6.07) is 0.670. The molecule has 1 rings (SSSR count). The first kappa shape index (κ1) is 18.4. The maximum atomic E-state index is 12.3. The highest BCUT2D eigenvalue weighted by Gasteiger charge is 2.38. The summed E-state index contributed by atoms with van der Waals surface area (Å²) in [6.45, 7) is 15.1. The molecule has 5 nitrogen and oxygen atoms in total. The van der Waals surface area contributed by atoms with Crippen LogP contribution in [0.1, 0.15) is 48.0 Å². The molecule has 1 aliphatic heterocycles. The van der Waals surface area contributed by atoms with Crippen molar-refractivity contribution >= 4 is 5.97 Å². The van der Waals surface area contributed by atoms with Gasteiger partial charge in [-0.25, -0.2) is 0 Å². The molecule has 4 unspecified atom stereocenters. The van der Waals surface area contributed by atoms with Gasteiger partial charge in [-0.2, -0.15) is 0 Å². The minimum atomic E-state index is -0.633. The van der Waals surface area contributed by atoms with Crippen LogP contribution in [0.25, 0.3) is 0 Å². The van der Waals surface area contributed by atoms with Crippen LogP contribution in [0.2, 0.25) is 0 Å². The third-order valence-electron chi connectivity index (χ3n) is 4.22. The molecule has 0 saturated carbocycles. The first-order chi connectivity index (χ1) is 9.84. The number of esters is 1. The number of nitrogens with one attached hydrogen (secondary N) is 1. The highest BCUT2D eigenvalue weighted by Crippen LogP contribution is 2.22. The van der Waals surface area contributed by atoms with E-state index in [-0.39, 0.29) is 12.1 Å². The van der Waals surface area contributed by atoms with Crippen molar-refractivity contribution in [2.75, 3.05) is 26.3 Å². The number of likely N-dealkylation sites (N-methyl/N-ethyl adjacent to an activating group) is 1. The smallest absolute Gasteiger partial charge is 0.326 e. The molecular formula is C16H32N2O3. The van der Waals surface area contributed by atoms with E-state index in [1.165, 1.54) is 0 Å². The SMILES string of the molecule is CCNC(C)(CC(C)N1CC(C)OCC1C)C(=O)OCC. The summed E-state index contributed by atoms with van der Waals surface area (Å²) in [5, 5.41) is 3.31. The minimum absolute atomic E-state index is 0.160. The van der Waals surface area contributed by atoms with Gasteiger partial charge in [-0.3, -0.25) is 9.69 Å². The van der Waals surface area contributed by atoms with Gasteiger partial charge in [-0.15, -0.1) is 0 Å². The zero-order valence-electron chi connectivity index (χ0n) is 14.4. The monoisotopic (exact) mass is 300 g/mol. The van der Waals surface area contributed by atoms with E-state index in [1.54, 1.807) is 0 Å². The highest BCUT2D eigenvalue weighted by atomic mass is 16.5. The molecule has 4 atom stereocenters. The fourth-order valence-electron chi connectivity index (χ4n) is 3.16. The van der Waals surface area contributed by atoms with E-state index in [0.29, 0.717) is 18.7 Å². The second kappa shape index (κ2) is 8.11. The summed E-state index contributed by atoms with van der Waals surface area (Å²) < 4.78 is 10.9. The van der Waals surface area contributed by atoms with Crippen molar-refractivity contribution in [3.05, 3.63) is 0 Å². The van der Waals surface area contributed by atoms with Crippen molar-refractivity contribution < 1.29 is 14.3 Å². The Balaban J connectivity index is 2.75. The summed E-state index contributed by atoms with van der Waals surface area (Å²) in [5.74, 6) is -0.160. The van der Waals surface area contributed by atoms with Gasteiger partial charge >= 0.3 is 5.97 Å². The number of rotatable bonds is 7. The quantitative estimate of drug-likeness (QED) is 0.727. The third-order valence-corrected chi connectivity index (χ3v) is 4.22. The predicted octanol–water partition coefficient (Wildman–Crippen LogP) is 1.81. The molecule has 0 spiro atoms. The molecule has 0 aliphatic carbocycles. The van der Waals surface area contributed by atoms with Gasteiger partial charge in [0.05, 0.1) is 19.3 Å². The number of ether oxygens (including phenoxy) is 2. The van der Waals surface area contributed by atoms with Crippen LogP contribution >= 0.6 is 0 Å². The lowest BCUT2D eigenvalue weighted by Gasteiger charge is -2.43. The first-order valence-corrected chi connectivity index (χ1v) is 8.13. The Bertz CT molecular complexity index is 337. The summed E-state index contributed by atoms with van der Waals surface area (Å²) in [5.41, 5.74) is -0.633. The lowest BCUT2D eigenvalue weighted by Crippen LogP contribution is -2.57. The van der Waals surface area contributed by atoms with E-state index >= 15 is 0 Å². The highest BCUT2D eigenvalue weighted by molar-refractivity contribution is 5.80. The maximum absolute atomic E-state index is 12.3. The molecule has 1 heterocycles. The molecule has 21 heavy (non-hydrogen) atoms. The van der Waals surface area contributed by atoms with E-state index in [9.17, 15) is 4.79 Å². The van der Waals surface area contributed by atoms with Crippen molar-refractivity contribution in [2.45, 2.75) is 71.7 Å². The average Bonchev–Trinajstić information content (AvgIpc) is 2.41. The summed E-state index contributed by atoms with van der Waals surface area (Å²) in [4.78, 5) is 14.7. The number of carbonyl (C=O) groups excluding carboxylic acids is 1. The van der Waals surface area contributed by atoms with E-state index in [0.717, 1.165) is 26.1 Å². The second-order valence-corrected chi connectivity index (χ2v) is 6.33. The Kier molecular flexibility index (Phi) is 7.10. The summed E-state index contributed by atoms with van der Waals surface area (Å²) >= 11 is 0. The zero-order chi connectivity index (χ0) is 16.0. The van der Waals surface area contributed by atoms with E-state index < -0.39 is 5.54 Å². The van der Waals surface area contributed by atoms with Crippen LogP contribution < -0.4 is 5.32 Å². The van der Waals surface area contributed by atoms with Crippen LogP contribution in [0.3, 0.4) is 0 Å². The van der Waals surface area contributed by atoms with Gasteiger partial charge in [0.25, 0.3) is 0 Å². The van der Waals surface area contributed by atoms with E-state index in [2.05, 4.69) is 31.0 Å². The molecule has 124 valence electrons. The molecule has 0 amide bonds. The number of hydrogen-bond donors (Lipinski definition) is 1.